The van der Waals surface area contributed by atoms with Crippen molar-refractivity contribution >= 4 is 18.4 Å². The molecule has 0 unspecified atom stereocenters. The van der Waals surface area contributed by atoms with Gasteiger partial charge in [0.2, 0.25) is 0 Å². The molecular weight excluding hydrogens is 194 g/mol. The normalized spacial score (nSPS) is 11.6. The first-order valence-electron chi connectivity index (χ1n) is 4.13. The maximum Gasteiger partial charge on any atom is 0.325 e. The van der Waals surface area contributed by atoms with Crippen molar-refractivity contribution < 1.29 is 14.3 Å². The Morgan fingerprint density at radius 2 is 2.15 bits per heavy atom. The zero-order valence-corrected chi connectivity index (χ0v) is 8.93. The molecule has 80 valence electrons. The lowest BCUT2D eigenvalue weighted by molar-refractivity contribution is -0.146. The monoisotopic (exact) mass is 211 g/mol. The average Bonchev–Trinajstić information content (AvgIpc) is 2.05. The highest BCUT2D eigenvalue weighted by Gasteiger charge is 2.13. The van der Waals surface area contributed by atoms with Crippen LogP contribution in [0.2, 0.25) is 0 Å². The lowest BCUT2D eigenvalue weighted by atomic mass is 10.3. The van der Waals surface area contributed by atoms with Gasteiger partial charge in [0.05, 0.1) is 13.2 Å². The molecule has 0 aromatic carbocycles. The highest BCUT2D eigenvalue weighted by Crippen LogP contribution is 1.91. The number of ether oxygens (including phenoxy) is 2. The van der Waals surface area contributed by atoms with Crippen LogP contribution in [-0.4, -0.2) is 32.3 Å². The van der Waals surface area contributed by atoms with Crippen molar-refractivity contribution in [2.45, 2.75) is 25.8 Å². The van der Waals surface area contributed by atoms with Crippen LogP contribution in [0.25, 0.3) is 0 Å². The van der Waals surface area contributed by atoms with Gasteiger partial charge in [-0.1, -0.05) is 13.3 Å². The van der Waals surface area contributed by atoms with Gasteiger partial charge in [-0.15, -0.1) is 12.4 Å². The largest absolute Gasteiger partial charge is 0.464 e. The highest BCUT2D eigenvalue weighted by molar-refractivity contribution is 5.85. The molecule has 0 saturated carbocycles. The maximum absolute atomic E-state index is 11.0. The third kappa shape index (κ3) is 8.02. The third-order valence-electron chi connectivity index (χ3n) is 1.39. The summed E-state index contributed by atoms with van der Waals surface area (Å²) in [6.07, 6.45) is 1.89. The summed E-state index contributed by atoms with van der Waals surface area (Å²) < 4.78 is 9.56. The van der Waals surface area contributed by atoms with Crippen LogP contribution in [0, 0.1) is 0 Å². The van der Waals surface area contributed by atoms with E-state index in [1.54, 1.807) is 0 Å². The molecule has 0 aromatic rings. The fourth-order valence-electron chi connectivity index (χ4n) is 0.672. The Labute approximate surface area is 85.2 Å². The summed E-state index contributed by atoms with van der Waals surface area (Å²) in [6.45, 7) is 2.70. The molecule has 1 atom stereocenters. The van der Waals surface area contributed by atoms with Crippen molar-refractivity contribution in [1.29, 1.82) is 0 Å². The number of rotatable bonds is 6. The van der Waals surface area contributed by atoms with Crippen molar-refractivity contribution in [2.24, 2.45) is 5.73 Å². The molecule has 0 saturated heterocycles. The fourth-order valence-corrected chi connectivity index (χ4v) is 0.672. The summed E-state index contributed by atoms with van der Waals surface area (Å²) >= 11 is 0. The van der Waals surface area contributed by atoms with E-state index in [1.807, 2.05) is 6.92 Å². The van der Waals surface area contributed by atoms with Crippen LogP contribution in [0.3, 0.4) is 0 Å². The van der Waals surface area contributed by atoms with Gasteiger partial charge in [-0.05, 0) is 6.42 Å². The number of halogens is 1. The van der Waals surface area contributed by atoms with Crippen molar-refractivity contribution in [2.75, 3.05) is 20.3 Å². The van der Waals surface area contributed by atoms with E-state index in [0.29, 0.717) is 6.61 Å². The zero-order valence-electron chi connectivity index (χ0n) is 8.12. The summed E-state index contributed by atoms with van der Waals surface area (Å²) in [5.74, 6) is -0.384. The quantitative estimate of drug-likeness (QED) is 0.520. The van der Waals surface area contributed by atoms with Crippen molar-refractivity contribution in [3.63, 3.8) is 0 Å². The topological polar surface area (TPSA) is 61.5 Å². The maximum atomic E-state index is 11.0. The lowest BCUT2D eigenvalue weighted by Crippen LogP contribution is -2.36. The number of hydrogen-bond acceptors (Lipinski definition) is 4. The molecule has 0 fully saturated rings. The molecule has 0 spiro atoms. The molecule has 0 aliphatic carbocycles. The Balaban J connectivity index is 0. The van der Waals surface area contributed by atoms with E-state index < -0.39 is 6.04 Å². The van der Waals surface area contributed by atoms with E-state index in [-0.39, 0.29) is 25.0 Å². The first-order chi connectivity index (χ1) is 5.72. The fraction of sp³-hybridized carbons (Fsp3) is 0.875. The standard InChI is InChI=1S/C8H17NO3.ClH/c1-3-4-5-12-8(10)7(9)6-11-2;/h7H,3-6,9H2,1-2H3;1H/t7-;/m1./s1. The third-order valence-corrected chi connectivity index (χ3v) is 1.39. The van der Waals surface area contributed by atoms with E-state index in [1.165, 1.54) is 7.11 Å². The summed E-state index contributed by atoms with van der Waals surface area (Å²) in [7, 11) is 1.50. The Hall–Kier alpha value is -0.320. The summed E-state index contributed by atoms with van der Waals surface area (Å²) in [5, 5.41) is 0. The number of unbranched alkanes of at least 4 members (excludes halogenated alkanes) is 1. The van der Waals surface area contributed by atoms with E-state index in [9.17, 15) is 4.79 Å². The molecule has 0 aliphatic rings. The molecular formula is C8H18ClNO3. The SMILES string of the molecule is CCCCOC(=O)[C@H](N)COC.Cl. The number of nitrogens with two attached hydrogens (primary N) is 1. The van der Waals surface area contributed by atoms with Gasteiger partial charge < -0.3 is 15.2 Å². The Morgan fingerprint density at radius 1 is 1.54 bits per heavy atom. The van der Waals surface area contributed by atoms with Gasteiger partial charge in [-0.25, -0.2) is 0 Å². The summed E-state index contributed by atoms with van der Waals surface area (Å²) in [4.78, 5) is 11.0. The van der Waals surface area contributed by atoms with E-state index in [0.717, 1.165) is 12.8 Å². The van der Waals surface area contributed by atoms with Crippen LogP contribution in [0.5, 0.6) is 0 Å². The Morgan fingerprint density at radius 3 is 2.62 bits per heavy atom. The Bertz CT molecular complexity index is 133. The van der Waals surface area contributed by atoms with E-state index in [4.69, 9.17) is 15.2 Å². The van der Waals surface area contributed by atoms with Gasteiger partial charge in [0.1, 0.15) is 6.04 Å². The van der Waals surface area contributed by atoms with Crippen molar-refractivity contribution in [3.05, 3.63) is 0 Å². The van der Waals surface area contributed by atoms with Gasteiger partial charge in [0.25, 0.3) is 0 Å². The van der Waals surface area contributed by atoms with Gasteiger partial charge in [0, 0.05) is 7.11 Å². The molecule has 0 heterocycles. The van der Waals surface area contributed by atoms with Crippen LogP contribution < -0.4 is 5.73 Å². The second-order valence-corrected chi connectivity index (χ2v) is 2.58. The second kappa shape index (κ2) is 9.77. The molecule has 2 N–H and O–H groups in total. The zero-order chi connectivity index (χ0) is 9.40. The molecule has 0 aliphatic heterocycles. The van der Waals surface area contributed by atoms with Crippen LogP contribution in [0.1, 0.15) is 19.8 Å². The van der Waals surface area contributed by atoms with Gasteiger partial charge in [-0.2, -0.15) is 0 Å². The number of methoxy groups -OCH3 is 1. The minimum atomic E-state index is -0.646. The van der Waals surface area contributed by atoms with Gasteiger partial charge >= 0.3 is 5.97 Å². The van der Waals surface area contributed by atoms with E-state index in [2.05, 4.69) is 0 Å². The molecule has 5 heteroatoms. The van der Waals surface area contributed by atoms with Crippen molar-refractivity contribution in [3.8, 4) is 0 Å². The molecule has 0 bridgehead atoms. The van der Waals surface area contributed by atoms with Crippen LogP contribution in [0.15, 0.2) is 0 Å². The average molecular weight is 212 g/mol. The lowest BCUT2D eigenvalue weighted by Gasteiger charge is -2.09. The highest BCUT2D eigenvalue weighted by atomic mass is 35.5. The Kier molecular flexibility index (Phi) is 11.4. The molecule has 0 aromatic heterocycles. The predicted molar refractivity (Wildman–Crippen MR) is 53.0 cm³/mol. The van der Waals surface area contributed by atoms with E-state index >= 15 is 0 Å². The van der Waals surface area contributed by atoms with Gasteiger partial charge in [0.15, 0.2) is 0 Å². The molecule has 0 radical (unpaired) electrons. The molecule has 0 amide bonds. The smallest absolute Gasteiger partial charge is 0.325 e. The van der Waals surface area contributed by atoms with Crippen molar-refractivity contribution in [1.82, 2.24) is 0 Å². The molecule has 0 rings (SSSR count). The molecule has 4 nitrogen and oxygen atoms in total. The summed E-state index contributed by atoms with van der Waals surface area (Å²) in [6, 6.07) is -0.646. The number of esters is 1. The number of carbonyl (C=O) groups excluding carboxylic acids is 1. The van der Waals surface area contributed by atoms with Crippen LogP contribution in [0.4, 0.5) is 0 Å². The minimum absolute atomic E-state index is 0. The molecule has 13 heavy (non-hydrogen) atoms. The number of hydrogen-bond donors (Lipinski definition) is 1. The first kappa shape index (κ1) is 15.2. The first-order valence-corrected chi connectivity index (χ1v) is 4.13. The number of carbonyl (C=O) groups is 1. The predicted octanol–water partition coefficient (Wildman–Crippen LogP) is 0.725. The minimum Gasteiger partial charge on any atom is -0.464 e. The second-order valence-electron chi connectivity index (χ2n) is 2.58. The summed E-state index contributed by atoms with van der Waals surface area (Å²) in [5.41, 5.74) is 5.41. The van der Waals surface area contributed by atoms with Gasteiger partial charge in [-0.3, -0.25) is 4.79 Å². The van der Waals surface area contributed by atoms with Crippen LogP contribution >= 0.6 is 12.4 Å². The van der Waals surface area contributed by atoms with Crippen LogP contribution in [-0.2, 0) is 14.3 Å².